The zero-order chi connectivity index (χ0) is 13.0. The minimum absolute atomic E-state index is 0.0289. The molecule has 0 aromatic heterocycles. The van der Waals surface area contributed by atoms with Crippen LogP contribution >= 0.6 is 11.6 Å². The van der Waals surface area contributed by atoms with Crippen molar-refractivity contribution >= 4 is 11.6 Å². The van der Waals surface area contributed by atoms with Crippen LogP contribution in [-0.2, 0) is 4.74 Å². The first kappa shape index (κ1) is 13.7. The van der Waals surface area contributed by atoms with Gasteiger partial charge in [-0.2, -0.15) is 0 Å². The zero-order valence-corrected chi connectivity index (χ0v) is 11.8. The van der Waals surface area contributed by atoms with Crippen LogP contribution in [0.25, 0.3) is 0 Å². The second-order valence-electron chi connectivity index (χ2n) is 5.07. The molecule has 2 atom stereocenters. The third-order valence-electron chi connectivity index (χ3n) is 3.11. The van der Waals surface area contributed by atoms with Crippen LogP contribution in [0.5, 0.6) is 5.75 Å². The van der Waals surface area contributed by atoms with Crippen LogP contribution in [0.1, 0.15) is 44.1 Å². The van der Waals surface area contributed by atoms with Crippen LogP contribution in [-0.4, -0.2) is 18.8 Å². The van der Waals surface area contributed by atoms with E-state index in [2.05, 4.69) is 0 Å². The maximum absolute atomic E-state index is 6.42. The highest BCUT2D eigenvalue weighted by Crippen LogP contribution is 2.31. The lowest BCUT2D eigenvalue weighted by atomic mass is 10.0. The number of halogens is 1. The van der Waals surface area contributed by atoms with Gasteiger partial charge in [-0.05, 0) is 50.8 Å². The molecule has 0 spiro atoms. The molecule has 0 aliphatic carbocycles. The number of hydrogen-bond acceptors (Lipinski definition) is 2. The van der Waals surface area contributed by atoms with E-state index in [4.69, 9.17) is 21.1 Å². The third kappa shape index (κ3) is 3.89. The molecular formula is C15H21ClO2. The average molecular weight is 269 g/mol. The summed E-state index contributed by atoms with van der Waals surface area (Å²) < 4.78 is 11.2. The van der Waals surface area contributed by atoms with Crippen molar-refractivity contribution in [2.75, 3.05) is 6.61 Å². The van der Waals surface area contributed by atoms with Gasteiger partial charge in [-0.15, -0.1) is 11.6 Å². The summed E-state index contributed by atoms with van der Waals surface area (Å²) in [6, 6.07) is 8.06. The Morgan fingerprint density at radius 3 is 2.61 bits per heavy atom. The van der Waals surface area contributed by atoms with E-state index in [0.29, 0.717) is 6.10 Å². The fourth-order valence-corrected chi connectivity index (χ4v) is 2.57. The first-order chi connectivity index (χ1) is 8.65. The van der Waals surface area contributed by atoms with Crippen molar-refractivity contribution in [1.29, 1.82) is 0 Å². The quantitative estimate of drug-likeness (QED) is 0.741. The smallest absolute Gasteiger partial charge is 0.119 e. The lowest BCUT2D eigenvalue weighted by molar-refractivity contribution is 0.103. The van der Waals surface area contributed by atoms with E-state index in [0.717, 1.165) is 37.2 Å². The monoisotopic (exact) mass is 268 g/mol. The van der Waals surface area contributed by atoms with Gasteiger partial charge in [-0.3, -0.25) is 0 Å². The topological polar surface area (TPSA) is 18.5 Å². The fourth-order valence-electron chi connectivity index (χ4n) is 2.22. The predicted octanol–water partition coefficient (Wildman–Crippen LogP) is 4.32. The van der Waals surface area contributed by atoms with Gasteiger partial charge < -0.3 is 9.47 Å². The van der Waals surface area contributed by atoms with Crippen molar-refractivity contribution in [3.05, 3.63) is 29.8 Å². The molecule has 1 heterocycles. The number of rotatable bonds is 5. The molecule has 1 fully saturated rings. The summed E-state index contributed by atoms with van der Waals surface area (Å²) in [6.07, 6.45) is 3.73. The molecule has 2 unspecified atom stereocenters. The second kappa shape index (κ2) is 6.44. The molecule has 1 saturated heterocycles. The van der Waals surface area contributed by atoms with Crippen LogP contribution in [0.3, 0.4) is 0 Å². The third-order valence-corrected chi connectivity index (χ3v) is 3.54. The molecule has 1 aliphatic rings. The fraction of sp³-hybridized carbons (Fsp3) is 0.600. The van der Waals surface area contributed by atoms with Gasteiger partial charge in [0.2, 0.25) is 0 Å². The first-order valence-corrected chi connectivity index (χ1v) is 7.11. The maximum atomic E-state index is 6.42. The zero-order valence-electron chi connectivity index (χ0n) is 11.1. The number of benzene rings is 1. The number of ether oxygens (including phenoxy) is 2. The second-order valence-corrected chi connectivity index (χ2v) is 5.60. The van der Waals surface area contributed by atoms with Gasteiger partial charge in [0.1, 0.15) is 5.75 Å². The Morgan fingerprint density at radius 2 is 2.06 bits per heavy atom. The molecule has 0 amide bonds. The Morgan fingerprint density at radius 1 is 1.33 bits per heavy atom. The molecule has 1 aromatic rings. The highest BCUT2D eigenvalue weighted by atomic mass is 35.5. The molecule has 0 radical (unpaired) electrons. The standard InChI is InChI=1S/C15H21ClO2/c1-11(2)18-13-7-5-12(6-8-13)15(16)10-14-4-3-9-17-14/h5-8,11,14-15H,3-4,9-10H2,1-2H3. The average Bonchev–Trinajstić information content (AvgIpc) is 2.82. The van der Waals surface area contributed by atoms with E-state index in [1.807, 2.05) is 38.1 Å². The number of hydrogen-bond donors (Lipinski definition) is 0. The van der Waals surface area contributed by atoms with Crippen LogP contribution in [0, 0.1) is 0 Å². The van der Waals surface area contributed by atoms with Crippen molar-refractivity contribution in [2.24, 2.45) is 0 Å². The van der Waals surface area contributed by atoms with E-state index in [1.54, 1.807) is 0 Å². The Labute approximate surface area is 114 Å². The van der Waals surface area contributed by atoms with Crippen molar-refractivity contribution < 1.29 is 9.47 Å². The summed E-state index contributed by atoms with van der Waals surface area (Å²) in [7, 11) is 0. The summed E-state index contributed by atoms with van der Waals surface area (Å²) >= 11 is 6.42. The molecule has 0 bridgehead atoms. The van der Waals surface area contributed by atoms with Crippen LogP contribution in [0.15, 0.2) is 24.3 Å². The van der Waals surface area contributed by atoms with E-state index >= 15 is 0 Å². The Balaban J connectivity index is 1.91. The van der Waals surface area contributed by atoms with E-state index in [9.17, 15) is 0 Å². The lowest BCUT2D eigenvalue weighted by Gasteiger charge is -2.15. The van der Waals surface area contributed by atoms with E-state index in [1.165, 1.54) is 0 Å². The summed E-state index contributed by atoms with van der Waals surface area (Å²) in [4.78, 5) is 0. The first-order valence-electron chi connectivity index (χ1n) is 6.67. The minimum Gasteiger partial charge on any atom is -0.491 e. The highest BCUT2D eigenvalue weighted by Gasteiger charge is 2.20. The minimum atomic E-state index is 0.0289. The van der Waals surface area contributed by atoms with Crippen molar-refractivity contribution in [3.8, 4) is 5.75 Å². The van der Waals surface area contributed by atoms with Crippen LogP contribution in [0.2, 0.25) is 0 Å². The molecule has 1 aromatic carbocycles. The van der Waals surface area contributed by atoms with Gasteiger partial charge in [0.05, 0.1) is 17.6 Å². The van der Waals surface area contributed by atoms with Gasteiger partial charge in [0.25, 0.3) is 0 Å². The van der Waals surface area contributed by atoms with Gasteiger partial charge >= 0.3 is 0 Å². The van der Waals surface area contributed by atoms with E-state index < -0.39 is 0 Å². The molecule has 0 saturated carbocycles. The summed E-state index contributed by atoms with van der Waals surface area (Å²) in [5.74, 6) is 0.898. The molecule has 18 heavy (non-hydrogen) atoms. The van der Waals surface area contributed by atoms with Gasteiger partial charge in [0.15, 0.2) is 0 Å². The van der Waals surface area contributed by atoms with Crippen molar-refractivity contribution in [1.82, 2.24) is 0 Å². The molecular weight excluding hydrogens is 248 g/mol. The highest BCUT2D eigenvalue weighted by molar-refractivity contribution is 6.20. The molecule has 1 aliphatic heterocycles. The lowest BCUT2D eigenvalue weighted by Crippen LogP contribution is -2.08. The van der Waals surface area contributed by atoms with E-state index in [-0.39, 0.29) is 11.5 Å². The predicted molar refractivity (Wildman–Crippen MR) is 74.4 cm³/mol. The molecule has 100 valence electrons. The molecule has 3 heteroatoms. The van der Waals surface area contributed by atoms with Gasteiger partial charge in [0, 0.05) is 6.61 Å². The van der Waals surface area contributed by atoms with Gasteiger partial charge in [-0.25, -0.2) is 0 Å². The summed E-state index contributed by atoms with van der Waals surface area (Å²) in [5.41, 5.74) is 1.14. The van der Waals surface area contributed by atoms with Crippen LogP contribution in [0.4, 0.5) is 0 Å². The van der Waals surface area contributed by atoms with Crippen LogP contribution < -0.4 is 4.74 Å². The van der Waals surface area contributed by atoms with Crippen molar-refractivity contribution in [2.45, 2.75) is 50.7 Å². The Bertz CT molecular complexity index is 355. The Kier molecular flexibility index (Phi) is 4.90. The van der Waals surface area contributed by atoms with Crippen molar-refractivity contribution in [3.63, 3.8) is 0 Å². The molecule has 2 nitrogen and oxygen atoms in total. The molecule has 2 rings (SSSR count). The normalized spacial score (nSPS) is 21.2. The maximum Gasteiger partial charge on any atom is 0.119 e. The SMILES string of the molecule is CC(C)Oc1ccc(C(Cl)CC2CCCO2)cc1. The molecule has 0 N–H and O–H groups in total. The summed E-state index contributed by atoms with van der Waals surface area (Å²) in [5, 5.41) is 0.0289. The number of alkyl halides is 1. The summed E-state index contributed by atoms with van der Waals surface area (Å²) in [6.45, 7) is 4.93. The van der Waals surface area contributed by atoms with Gasteiger partial charge in [-0.1, -0.05) is 12.1 Å². The largest absolute Gasteiger partial charge is 0.491 e. The Hall–Kier alpha value is -0.730.